The van der Waals surface area contributed by atoms with Crippen molar-refractivity contribution in [2.45, 2.75) is 6.18 Å². The first-order valence-electron chi connectivity index (χ1n) is 5.71. The third-order valence-electron chi connectivity index (χ3n) is 2.80. The van der Waals surface area contributed by atoms with Crippen molar-refractivity contribution in [2.24, 2.45) is 0 Å². The SMILES string of the molecule is O=C(O)c1cccc(N2CC(=O)N(CC(F)(F)F)C2=O)c1. The number of nitrogens with zero attached hydrogens (tertiary/aromatic N) is 2. The van der Waals surface area contributed by atoms with Crippen molar-refractivity contribution in [3.05, 3.63) is 29.8 Å². The third-order valence-corrected chi connectivity index (χ3v) is 2.80. The average Bonchev–Trinajstić information content (AvgIpc) is 2.65. The molecule has 0 bridgehead atoms. The molecule has 0 radical (unpaired) electrons. The number of amides is 3. The standard InChI is InChI=1S/C12H9F3N2O4/c13-12(14,15)6-17-9(18)5-16(11(17)21)8-3-1-2-7(4-8)10(19)20/h1-4H,5-6H2,(H,19,20). The first-order chi connectivity index (χ1) is 9.69. The summed E-state index contributed by atoms with van der Waals surface area (Å²) in [6.45, 7) is -2.22. The van der Waals surface area contributed by atoms with Gasteiger partial charge in [-0.05, 0) is 18.2 Å². The quantitative estimate of drug-likeness (QED) is 0.862. The molecule has 0 unspecified atom stereocenters. The molecule has 1 aromatic rings. The molecule has 0 aromatic heterocycles. The van der Waals surface area contributed by atoms with Gasteiger partial charge in [0.2, 0.25) is 0 Å². The Labute approximate surface area is 116 Å². The molecule has 0 saturated carbocycles. The summed E-state index contributed by atoms with van der Waals surface area (Å²) in [5, 5.41) is 8.85. The van der Waals surface area contributed by atoms with Gasteiger partial charge in [-0.2, -0.15) is 13.2 Å². The van der Waals surface area contributed by atoms with Crippen LogP contribution in [-0.4, -0.2) is 47.2 Å². The van der Waals surface area contributed by atoms with Crippen molar-refractivity contribution in [2.75, 3.05) is 18.0 Å². The molecular weight excluding hydrogens is 293 g/mol. The van der Waals surface area contributed by atoms with Crippen LogP contribution in [0.5, 0.6) is 0 Å². The van der Waals surface area contributed by atoms with E-state index >= 15 is 0 Å². The van der Waals surface area contributed by atoms with E-state index in [1.807, 2.05) is 0 Å². The second kappa shape index (κ2) is 5.08. The number of aromatic carboxylic acids is 1. The maximum Gasteiger partial charge on any atom is 0.406 e. The van der Waals surface area contributed by atoms with Crippen LogP contribution in [0, 0.1) is 0 Å². The summed E-state index contributed by atoms with van der Waals surface area (Å²) in [7, 11) is 0. The molecule has 112 valence electrons. The number of hydrogen-bond acceptors (Lipinski definition) is 3. The largest absolute Gasteiger partial charge is 0.478 e. The van der Waals surface area contributed by atoms with Crippen molar-refractivity contribution < 1.29 is 32.7 Å². The van der Waals surface area contributed by atoms with E-state index in [1.165, 1.54) is 18.2 Å². The Hall–Kier alpha value is -2.58. The van der Waals surface area contributed by atoms with Crippen LogP contribution in [0.4, 0.5) is 23.7 Å². The Morgan fingerprint density at radius 1 is 1.29 bits per heavy atom. The van der Waals surface area contributed by atoms with Crippen molar-refractivity contribution in [1.29, 1.82) is 0 Å². The molecule has 1 aliphatic rings. The summed E-state index contributed by atoms with van der Waals surface area (Å²) in [4.78, 5) is 35.1. The summed E-state index contributed by atoms with van der Waals surface area (Å²) in [5.74, 6) is -2.24. The molecule has 0 atom stereocenters. The van der Waals surface area contributed by atoms with E-state index in [1.54, 1.807) is 0 Å². The number of carboxylic acids is 1. The van der Waals surface area contributed by atoms with E-state index in [4.69, 9.17) is 5.11 Å². The van der Waals surface area contributed by atoms with E-state index in [9.17, 15) is 27.6 Å². The number of benzene rings is 1. The number of rotatable bonds is 3. The lowest BCUT2D eigenvalue weighted by molar-refractivity contribution is -0.151. The highest BCUT2D eigenvalue weighted by Crippen LogP contribution is 2.25. The molecule has 1 aromatic carbocycles. The Morgan fingerprint density at radius 3 is 2.52 bits per heavy atom. The Balaban J connectivity index is 2.27. The topological polar surface area (TPSA) is 77.9 Å². The minimum absolute atomic E-state index is 0.0536. The first kappa shape index (κ1) is 14.8. The van der Waals surface area contributed by atoms with Crippen LogP contribution in [0.15, 0.2) is 24.3 Å². The van der Waals surface area contributed by atoms with Gasteiger partial charge in [-0.1, -0.05) is 6.07 Å². The van der Waals surface area contributed by atoms with Gasteiger partial charge in [-0.25, -0.2) is 9.59 Å². The predicted octanol–water partition coefficient (Wildman–Crippen LogP) is 1.72. The number of hydrogen-bond donors (Lipinski definition) is 1. The van der Waals surface area contributed by atoms with Crippen LogP contribution in [-0.2, 0) is 4.79 Å². The van der Waals surface area contributed by atoms with Crippen LogP contribution in [0.1, 0.15) is 10.4 Å². The number of carbonyl (C=O) groups excluding carboxylic acids is 2. The molecule has 1 saturated heterocycles. The summed E-state index contributed by atoms with van der Waals surface area (Å²) < 4.78 is 36.9. The summed E-state index contributed by atoms with van der Waals surface area (Å²) in [5.41, 5.74) is -0.0834. The fraction of sp³-hybridized carbons (Fsp3) is 0.250. The highest BCUT2D eigenvalue weighted by molar-refractivity contribution is 6.12. The summed E-state index contributed by atoms with van der Waals surface area (Å²) in [6, 6.07) is 3.93. The van der Waals surface area contributed by atoms with Crippen LogP contribution in [0.3, 0.4) is 0 Å². The molecule has 21 heavy (non-hydrogen) atoms. The van der Waals surface area contributed by atoms with Crippen LogP contribution in [0.25, 0.3) is 0 Å². The zero-order valence-corrected chi connectivity index (χ0v) is 10.4. The second-order valence-electron chi connectivity index (χ2n) is 4.32. The smallest absolute Gasteiger partial charge is 0.406 e. The van der Waals surface area contributed by atoms with Crippen LogP contribution < -0.4 is 4.90 Å². The van der Waals surface area contributed by atoms with Gasteiger partial charge in [0.15, 0.2) is 0 Å². The zero-order chi connectivity index (χ0) is 15.8. The normalized spacial score (nSPS) is 15.8. The molecule has 2 rings (SSSR count). The van der Waals surface area contributed by atoms with E-state index in [-0.39, 0.29) is 16.2 Å². The number of halogens is 3. The number of carboxylic acid groups (broad SMARTS) is 1. The Morgan fingerprint density at radius 2 is 1.95 bits per heavy atom. The number of anilines is 1. The number of carbonyl (C=O) groups is 3. The second-order valence-corrected chi connectivity index (χ2v) is 4.32. The summed E-state index contributed by atoms with van der Waals surface area (Å²) in [6.07, 6.45) is -4.69. The molecule has 1 heterocycles. The van der Waals surface area contributed by atoms with Crippen LogP contribution in [0.2, 0.25) is 0 Å². The maximum absolute atomic E-state index is 12.3. The monoisotopic (exact) mass is 302 g/mol. The molecule has 1 fully saturated rings. The highest BCUT2D eigenvalue weighted by atomic mass is 19.4. The van der Waals surface area contributed by atoms with Gasteiger partial charge in [0.25, 0.3) is 5.91 Å². The molecule has 0 aliphatic carbocycles. The van der Waals surface area contributed by atoms with Gasteiger partial charge in [-0.15, -0.1) is 0 Å². The summed E-state index contributed by atoms with van der Waals surface area (Å²) >= 11 is 0. The third kappa shape index (κ3) is 3.12. The number of alkyl halides is 3. The Bertz CT molecular complexity index is 615. The minimum atomic E-state index is -4.69. The van der Waals surface area contributed by atoms with Gasteiger partial charge in [-0.3, -0.25) is 14.6 Å². The van der Waals surface area contributed by atoms with Gasteiger partial charge in [0.1, 0.15) is 13.1 Å². The molecule has 6 nitrogen and oxygen atoms in total. The zero-order valence-electron chi connectivity index (χ0n) is 10.4. The molecule has 0 spiro atoms. The predicted molar refractivity (Wildman–Crippen MR) is 63.9 cm³/mol. The molecular formula is C12H9F3N2O4. The van der Waals surface area contributed by atoms with Crippen LogP contribution >= 0.6 is 0 Å². The Kier molecular flexibility index (Phi) is 3.58. The number of urea groups is 1. The fourth-order valence-corrected chi connectivity index (χ4v) is 1.88. The molecule has 9 heteroatoms. The minimum Gasteiger partial charge on any atom is -0.478 e. The lowest BCUT2D eigenvalue weighted by Crippen LogP contribution is -2.39. The van der Waals surface area contributed by atoms with Crippen molar-refractivity contribution in [1.82, 2.24) is 4.90 Å². The lowest BCUT2D eigenvalue weighted by atomic mass is 10.2. The van der Waals surface area contributed by atoms with E-state index in [2.05, 4.69) is 0 Å². The average molecular weight is 302 g/mol. The van der Waals surface area contributed by atoms with Gasteiger partial charge in [0.05, 0.1) is 5.56 Å². The van der Waals surface area contributed by atoms with Gasteiger partial charge in [0, 0.05) is 5.69 Å². The molecule has 3 amide bonds. The van der Waals surface area contributed by atoms with Crippen molar-refractivity contribution >= 4 is 23.6 Å². The highest BCUT2D eigenvalue weighted by Gasteiger charge is 2.43. The van der Waals surface area contributed by atoms with E-state index in [0.717, 1.165) is 11.0 Å². The maximum atomic E-state index is 12.3. The fourth-order valence-electron chi connectivity index (χ4n) is 1.88. The lowest BCUT2D eigenvalue weighted by Gasteiger charge is -2.18. The van der Waals surface area contributed by atoms with E-state index < -0.39 is 37.2 Å². The van der Waals surface area contributed by atoms with E-state index in [0.29, 0.717) is 0 Å². The van der Waals surface area contributed by atoms with Gasteiger partial charge >= 0.3 is 18.2 Å². The first-order valence-corrected chi connectivity index (χ1v) is 5.71. The number of imide groups is 1. The van der Waals surface area contributed by atoms with Crippen molar-refractivity contribution in [3.8, 4) is 0 Å². The van der Waals surface area contributed by atoms with Gasteiger partial charge < -0.3 is 5.11 Å². The van der Waals surface area contributed by atoms with Crippen molar-refractivity contribution in [3.63, 3.8) is 0 Å². The molecule has 1 N–H and O–H groups in total. The molecule has 1 aliphatic heterocycles.